The minimum Gasteiger partial charge on any atom is -0.484 e. The zero-order chi connectivity index (χ0) is 22.1. The number of ether oxygens (including phenoxy) is 1. The number of fused-ring (bicyclic) bond motifs is 1. The highest BCUT2D eigenvalue weighted by Crippen LogP contribution is 2.42. The Bertz CT molecular complexity index is 994. The van der Waals surface area contributed by atoms with Crippen LogP contribution in [0.1, 0.15) is 23.7 Å². The lowest BCUT2D eigenvalue weighted by atomic mass is 10.1. The first kappa shape index (κ1) is 23.4. The maximum absolute atomic E-state index is 11.7. The first-order valence-electron chi connectivity index (χ1n) is 9.86. The van der Waals surface area contributed by atoms with Gasteiger partial charge in [-0.25, -0.2) is 8.42 Å². The Morgan fingerprint density at radius 3 is 2.33 bits per heavy atom. The standard InChI is InChI=1S/C22H28Cl2N2O3S/c1-25(2)10-5-11-26(3)21-14-18-19(12-15(23)13-20(18)24)22(21)29-16-6-8-17(9-7-16)30(4,27)28/h6-9,12-13,21-22H,5,10-11,14H2,1-4H3/t21-,22+/m0/s1. The van der Waals surface area contributed by atoms with Crippen LogP contribution in [0.2, 0.25) is 10.0 Å². The van der Waals surface area contributed by atoms with Crippen molar-refractivity contribution in [3.63, 3.8) is 0 Å². The van der Waals surface area contributed by atoms with Crippen molar-refractivity contribution in [2.24, 2.45) is 0 Å². The zero-order valence-corrected chi connectivity index (χ0v) is 20.1. The van der Waals surface area contributed by atoms with E-state index in [1.54, 1.807) is 30.3 Å². The van der Waals surface area contributed by atoms with Gasteiger partial charge in [0.05, 0.1) is 10.9 Å². The molecule has 0 N–H and O–H groups in total. The van der Waals surface area contributed by atoms with Gasteiger partial charge < -0.3 is 9.64 Å². The molecule has 0 aliphatic heterocycles. The number of halogens is 2. The van der Waals surface area contributed by atoms with Gasteiger partial charge in [0.25, 0.3) is 0 Å². The van der Waals surface area contributed by atoms with Crippen molar-refractivity contribution in [3.05, 3.63) is 57.6 Å². The maximum atomic E-state index is 11.7. The molecule has 0 saturated carbocycles. The Kier molecular flexibility index (Phi) is 7.36. The number of nitrogens with zero attached hydrogens (tertiary/aromatic N) is 2. The van der Waals surface area contributed by atoms with E-state index >= 15 is 0 Å². The number of rotatable bonds is 8. The Balaban J connectivity index is 1.87. The van der Waals surface area contributed by atoms with E-state index in [1.807, 2.05) is 6.07 Å². The third kappa shape index (κ3) is 5.48. The summed E-state index contributed by atoms with van der Waals surface area (Å²) < 4.78 is 29.8. The van der Waals surface area contributed by atoms with Crippen LogP contribution < -0.4 is 4.74 Å². The molecule has 5 nitrogen and oxygen atoms in total. The van der Waals surface area contributed by atoms with Gasteiger partial charge in [-0.05, 0) is 89.0 Å². The molecular formula is C22H28Cl2N2O3S. The van der Waals surface area contributed by atoms with Gasteiger partial charge in [0, 0.05) is 21.9 Å². The summed E-state index contributed by atoms with van der Waals surface area (Å²) in [6.45, 7) is 1.93. The van der Waals surface area contributed by atoms with Crippen molar-refractivity contribution in [2.45, 2.75) is 29.9 Å². The van der Waals surface area contributed by atoms with Crippen molar-refractivity contribution in [3.8, 4) is 5.75 Å². The van der Waals surface area contributed by atoms with E-state index in [0.717, 1.165) is 37.1 Å². The van der Waals surface area contributed by atoms with Gasteiger partial charge in [0.1, 0.15) is 11.9 Å². The Labute approximate surface area is 189 Å². The molecule has 0 saturated heterocycles. The predicted molar refractivity (Wildman–Crippen MR) is 123 cm³/mol. The molecule has 0 bridgehead atoms. The molecule has 2 atom stereocenters. The lowest BCUT2D eigenvalue weighted by Crippen LogP contribution is -2.38. The molecule has 3 rings (SSSR count). The van der Waals surface area contributed by atoms with E-state index in [4.69, 9.17) is 27.9 Å². The number of sulfone groups is 1. The second kappa shape index (κ2) is 9.45. The second-order valence-electron chi connectivity index (χ2n) is 8.15. The van der Waals surface area contributed by atoms with Gasteiger partial charge in [-0.2, -0.15) is 0 Å². The molecule has 164 valence electrons. The molecule has 0 spiro atoms. The Hall–Kier alpha value is -1.31. The molecule has 8 heteroatoms. The van der Waals surface area contributed by atoms with Crippen LogP contribution in [0.25, 0.3) is 0 Å². The molecule has 0 fully saturated rings. The Morgan fingerprint density at radius 2 is 1.73 bits per heavy atom. The molecule has 0 heterocycles. The van der Waals surface area contributed by atoms with Crippen LogP contribution in [-0.2, 0) is 16.3 Å². The number of likely N-dealkylation sites (N-methyl/N-ethyl adjacent to an activating group) is 1. The van der Waals surface area contributed by atoms with Crippen LogP contribution in [0.3, 0.4) is 0 Å². The van der Waals surface area contributed by atoms with Gasteiger partial charge in [-0.15, -0.1) is 0 Å². The fraction of sp³-hybridized carbons (Fsp3) is 0.455. The molecule has 0 aromatic heterocycles. The summed E-state index contributed by atoms with van der Waals surface area (Å²) in [5.74, 6) is 0.614. The summed E-state index contributed by atoms with van der Waals surface area (Å²) in [4.78, 5) is 4.75. The molecule has 0 radical (unpaired) electrons. The first-order valence-corrected chi connectivity index (χ1v) is 12.5. The van der Waals surface area contributed by atoms with E-state index in [-0.39, 0.29) is 17.0 Å². The number of benzene rings is 2. The molecule has 2 aromatic carbocycles. The van der Waals surface area contributed by atoms with Crippen LogP contribution in [0, 0.1) is 0 Å². The number of hydrogen-bond acceptors (Lipinski definition) is 5. The summed E-state index contributed by atoms with van der Waals surface area (Å²) in [6.07, 6.45) is 2.76. The van der Waals surface area contributed by atoms with E-state index < -0.39 is 9.84 Å². The highest BCUT2D eigenvalue weighted by molar-refractivity contribution is 7.90. The van der Waals surface area contributed by atoms with E-state index in [2.05, 4.69) is 30.9 Å². The average Bonchev–Trinajstić information content (AvgIpc) is 3.00. The third-order valence-corrected chi connectivity index (χ3v) is 7.15. The minimum absolute atomic E-state index is 0.104. The van der Waals surface area contributed by atoms with E-state index in [1.165, 1.54) is 6.26 Å². The lowest BCUT2D eigenvalue weighted by molar-refractivity contribution is 0.0930. The summed E-state index contributed by atoms with van der Waals surface area (Å²) >= 11 is 12.8. The molecule has 30 heavy (non-hydrogen) atoms. The monoisotopic (exact) mass is 470 g/mol. The predicted octanol–water partition coefficient (Wildman–Crippen LogP) is 4.33. The molecule has 0 amide bonds. The van der Waals surface area contributed by atoms with Crippen LogP contribution in [0.15, 0.2) is 41.3 Å². The summed E-state index contributed by atoms with van der Waals surface area (Å²) in [5, 5.41) is 1.23. The molecule has 2 aromatic rings. The topological polar surface area (TPSA) is 49.9 Å². The maximum Gasteiger partial charge on any atom is 0.175 e. The van der Waals surface area contributed by atoms with Crippen molar-refractivity contribution in [1.29, 1.82) is 0 Å². The van der Waals surface area contributed by atoms with Gasteiger partial charge in [-0.1, -0.05) is 23.2 Å². The van der Waals surface area contributed by atoms with Gasteiger partial charge in [-0.3, -0.25) is 4.90 Å². The van der Waals surface area contributed by atoms with Gasteiger partial charge in [0.2, 0.25) is 0 Å². The molecule has 1 aliphatic rings. The largest absolute Gasteiger partial charge is 0.484 e. The fourth-order valence-corrected chi connectivity index (χ4v) is 5.08. The van der Waals surface area contributed by atoms with Crippen molar-refractivity contribution < 1.29 is 13.2 Å². The summed E-state index contributed by atoms with van der Waals surface area (Å²) in [7, 11) is 2.99. The zero-order valence-electron chi connectivity index (χ0n) is 17.7. The Morgan fingerprint density at radius 1 is 1.07 bits per heavy atom. The average molecular weight is 471 g/mol. The van der Waals surface area contributed by atoms with Crippen LogP contribution in [0.4, 0.5) is 0 Å². The van der Waals surface area contributed by atoms with Crippen molar-refractivity contribution >= 4 is 33.0 Å². The SMILES string of the molecule is CN(C)CCCN(C)[C@H]1Cc2c(Cl)cc(Cl)cc2[C@H]1Oc1ccc(S(C)(=O)=O)cc1. The van der Waals surface area contributed by atoms with Gasteiger partial charge >= 0.3 is 0 Å². The molecule has 1 aliphatic carbocycles. The fourth-order valence-electron chi connectivity index (χ4n) is 3.86. The van der Waals surface area contributed by atoms with Crippen LogP contribution >= 0.6 is 23.2 Å². The minimum atomic E-state index is -3.25. The van der Waals surface area contributed by atoms with Gasteiger partial charge in [0.15, 0.2) is 9.84 Å². The number of hydrogen-bond donors (Lipinski definition) is 0. The third-order valence-electron chi connectivity index (χ3n) is 5.46. The van der Waals surface area contributed by atoms with Crippen LogP contribution in [-0.4, -0.2) is 64.7 Å². The smallest absolute Gasteiger partial charge is 0.175 e. The van der Waals surface area contributed by atoms with E-state index in [0.29, 0.717) is 15.8 Å². The van der Waals surface area contributed by atoms with Crippen molar-refractivity contribution in [2.75, 3.05) is 40.5 Å². The van der Waals surface area contributed by atoms with Crippen LogP contribution in [0.5, 0.6) is 5.75 Å². The highest BCUT2D eigenvalue weighted by atomic mass is 35.5. The molecular weight excluding hydrogens is 443 g/mol. The summed E-state index contributed by atoms with van der Waals surface area (Å²) in [6, 6.07) is 10.3. The summed E-state index contributed by atoms with van der Waals surface area (Å²) in [5.41, 5.74) is 2.05. The van der Waals surface area contributed by atoms with Crippen molar-refractivity contribution in [1.82, 2.24) is 9.80 Å². The van der Waals surface area contributed by atoms with E-state index in [9.17, 15) is 8.42 Å². The quantitative estimate of drug-likeness (QED) is 0.574. The normalized spacial score (nSPS) is 18.8. The lowest BCUT2D eigenvalue weighted by Gasteiger charge is -2.30. The molecule has 0 unspecified atom stereocenters. The first-order chi connectivity index (χ1) is 14.1. The second-order valence-corrected chi connectivity index (χ2v) is 11.0. The highest BCUT2D eigenvalue weighted by Gasteiger charge is 2.38.